The van der Waals surface area contributed by atoms with E-state index >= 15 is 0 Å². The number of carbonyl (C=O) groups excluding carboxylic acids is 1. The molecule has 2 amide bonds. The summed E-state index contributed by atoms with van der Waals surface area (Å²) in [6, 6.07) is 9.19. The van der Waals surface area contributed by atoms with Gasteiger partial charge >= 0.3 is 6.09 Å². The normalized spacial score (nSPS) is 12.1. The standard InChI is InChI=1S/C14H18N2O4/c1-20-12(11-7-3-2-4-8-11)13(17)15-9-5-6-10-16-14(18)19/h2-8,12,16H,9-10H2,1H3,(H,15,17)(H,18,19)/b6-5+. The average molecular weight is 278 g/mol. The van der Waals surface area contributed by atoms with Gasteiger partial charge in [-0.25, -0.2) is 4.79 Å². The van der Waals surface area contributed by atoms with Crippen LogP contribution in [0, 0.1) is 0 Å². The van der Waals surface area contributed by atoms with Crippen LogP contribution in [0.2, 0.25) is 0 Å². The van der Waals surface area contributed by atoms with Gasteiger partial charge in [-0.3, -0.25) is 4.79 Å². The fraction of sp³-hybridized carbons (Fsp3) is 0.286. The second-order valence-electron chi connectivity index (χ2n) is 3.93. The molecule has 6 heteroatoms. The fourth-order valence-electron chi connectivity index (χ4n) is 1.59. The van der Waals surface area contributed by atoms with Crippen LogP contribution in [0.15, 0.2) is 42.5 Å². The van der Waals surface area contributed by atoms with Gasteiger partial charge in [0.2, 0.25) is 0 Å². The van der Waals surface area contributed by atoms with Crippen LogP contribution in [0.4, 0.5) is 4.79 Å². The van der Waals surface area contributed by atoms with Gasteiger partial charge < -0.3 is 20.5 Å². The SMILES string of the molecule is COC(C(=O)NC/C=C/CNC(=O)O)c1ccccc1. The molecule has 0 saturated heterocycles. The van der Waals surface area contributed by atoms with Crippen LogP contribution in [-0.4, -0.2) is 37.3 Å². The molecule has 108 valence electrons. The first kappa shape index (κ1) is 15.7. The largest absolute Gasteiger partial charge is 0.465 e. The number of amides is 2. The summed E-state index contributed by atoms with van der Waals surface area (Å²) >= 11 is 0. The van der Waals surface area contributed by atoms with Crippen LogP contribution in [-0.2, 0) is 9.53 Å². The summed E-state index contributed by atoms with van der Waals surface area (Å²) in [5.74, 6) is -0.241. The van der Waals surface area contributed by atoms with E-state index in [2.05, 4.69) is 10.6 Å². The summed E-state index contributed by atoms with van der Waals surface area (Å²) in [6.07, 6.45) is 1.56. The molecule has 0 spiro atoms. The maximum Gasteiger partial charge on any atom is 0.404 e. The lowest BCUT2D eigenvalue weighted by Crippen LogP contribution is -2.30. The number of hydrogen-bond acceptors (Lipinski definition) is 3. The Labute approximate surface area is 117 Å². The Bertz CT molecular complexity index is 460. The first-order valence-electron chi connectivity index (χ1n) is 6.12. The van der Waals surface area contributed by atoms with Crippen molar-refractivity contribution in [2.24, 2.45) is 0 Å². The fourth-order valence-corrected chi connectivity index (χ4v) is 1.59. The van der Waals surface area contributed by atoms with E-state index in [4.69, 9.17) is 9.84 Å². The van der Waals surface area contributed by atoms with Gasteiger partial charge in [-0.05, 0) is 5.56 Å². The first-order valence-corrected chi connectivity index (χ1v) is 6.12. The van der Waals surface area contributed by atoms with Gasteiger partial charge in [0, 0.05) is 20.2 Å². The minimum atomic E-state index is -1.08. The van der Waals surface area contributed by atoms with Crippen LogP contribution in [0.3, 0.4) is 0 Å². The van der Waals surface area contributed by atoms with E-state index in [1.807, 2.05) is 30.3 Å². The molecular weight excluding hydrogens is 260 g/mol. The Kier molecular flexibility index (Phi) is 6.84. The number of ether oxygens (including phenoxy) is 1. The van der Waals surface area contributed by atoms with Crippen LogP contribution < -0.4 is 10.6 Å². The third-order valence-corrected chi connectivity index (χ3v) is 2.51. The number of hydrogen-bond donors (Lipinski definition) is 3. The van der Waals surface area contributed by atoms with Gasteiger partial charge in [0.15, 0.2) is 6.10 Å². The molecule has 3 N–H and O–H groups in total. The van der Waals surface area contributed by atoms with E-state index in [9.17, 15) is 9.59 Å². The molecule has 0 aliphatic carbocycles. The highest BCUT2D eigenvalue weighted by molar-refractivity contribution is 5.82. The van der Waals surface area contributed by atoms with Crippen molar-refractivity contribution >= 4 is 12.0 Å². The minimum Gasteiger partial charge on any atom is -0.465 e. The lowest BCUT2D eigenvalue weighted by Gasteiger charge is -2.14. The molecule has 1 rings (SSSR count). The molecule has 20 heavy (non-hydrogen) atoms. The highest BCUT2D eigenvalue weighted by Crippen LogP contribution is 2.15. The first-order chi connectivity index (χ1) is 9.65. The molecule has 1 unspecified atom stereocenters. The maximum atomic E-state index is 11.9. The van der Waals surface area contributed by atoms with Gasteiger partial charge in [0.1, 0.15) is 0 Å². The number of carboxylic acid groups (broad SMARTS) is 1. The Hall–Kier alpha value is -2.34. The molecule has 0 aliphatic heterocycles. The number of nitrogens with one attached hydrogen (secondary N) is 2. The molecule has 1 aromatic rings. The van der Waals surface area contributed by atoms with Crippen LogP contribution >= 0.6 is 0 Å². The Morgan fingerprint density at radius 1 is 1.20 bits per heavy atom. The van der Waals surface area contributed by atoms with Crippen molar-refractivity contribution in [1.29, 1.82) is 0 Å². The summed E-state index contributed by atoms with van der Waals surface area (Å²) in [4.78, 5) is 22.1. The number of rotatable bonds is 7. The van der Waals surface area contributed by atoms with Crippen molar-refractivity contribution in [3.05, 3.63) is 48.0 Å². The van der Waals surface area contributed by atoms with E-state index in [1.54, 1.807) is 12.2 Å². The predicted octanol–water partition coefficient (Wildman–Crippen LogP) is 1.31. The van der Waals surface area contributed by atoms with Gasteiger partial charge in [0.05, 0.1) is 0 Å². The monoisotopic (exact) mass is 278 g/mol. The Balaban J connectivity index is 2.39. The molecule has 0 aliphatic rings. The zero-order valence-corrected chi connectivity index (χ0v) is 11.2. The molecule has 0 bridgehead atoms. The van der Waals surface area contributed by atoms with E-state index in [0.717, 1.165) is 5.56 Å². The van der Waals surface area contributed by atoms with Gasteiger partial charge in [-0.2, -0.15) is 0 Å². The van der Waals surface area contributed by atoms with Crippen molar-refractivity contribution in [2.45, 2.75) is 6.10 Å². The zero-order chi connectivity index (χ0) is 14.8. The van der Waals surface area contributed by atoms with Crippen molar-refractivity contribution in [2.75, 3.05) is 20.2 Å². The lowest BCUT2D eigenvalue weighted by atomic mass is 10.1. The molecule has 0 fully saturated rings. The van der Waals surface area contributed by atoms with Crippen molar-refractivity contribution < 1.29 is 19.4 Å². The van der Waals surface area contributed by atoms with E-state index in [0.29, 0.717) is 6.54 Å². The summed E-state index contributed by atoms with van der Waals surface area (Å²) in [5.41, 5.74) is 0.782. The third-order valence-electron chi connectivity index (χ3n) is 2.51. The van der Waals surface area contributed by atoms with E-state index in [1.165, 1.54) is 7.11 Å². The number of benzene rings is 1. The molecule has 1 atom stereocenters. The second kappa shape index (κ2) is 8.71. The Morgan fingerprint density at radius 3 is 2.35 bits per heavy atom. The van der Waals surface area contributed by atoms with Gasteiger partial charge in [0.25, 0.3) is 5.91 Å². The van der Waals surface area contributed by atoms with Crippen LogP contribution in [0.25, 0.3) is 0 Å². The molecule has 0 heterocycles. The van der Waals surface area contributed by atoms with Gasteiger partial charge in [-0.15, -0.1) is 0 Å². The van der Waals surface area contributed by atoms with Crippen molar-refractivity contribution in [1.82, 2.24) is 10.6 Å². The zero-order valence-electron chi connectivity index (χ0n) is 11.2. The quantitative estimate of drug-likeness (QED) is 0.656. The van der Waals surface area contributed by atoms with Crippen molar-refractivity contribution in [3.8, 4) is 0 Å². The summed E-state index contributed by atoms with van der Waals surface area (Å²) in [5, 5.41) is 13.2. The molecule has 0 saturated carbocycles. The number of methoxy groups -OCH3 is 1. The van der Waals surface area contributed by atoms with E-state index < -0.39 is 12.2 Å². The van der Waals surface area contributed by atoms with Crippen LogP contribution in [0.1, 0.15) is 11.7 Å². The molecule has 6 nitrogen and oxygen atoms in total. The molecule has 0 aromatic heterocycles. The van der Waals surface area contributed by atoms with Crippen molar-refractivity contribution in [3.63, 3.8) is 0 Å². The maximum absolute atomic E-state index is 11.9. The molecular formula is C14H18N2O4. The topological polar surface area (TPSA) is 87.7 Å². The predicted molar refractivity (Wildman–Crippen MR) is 74.4 cm³/mol. The van der Waals surface area contributed by atoms with Crippen LogP contribution in [0.5, 0.6) is 0 Å². The van der Waals surface area contributed by atoms with Gasteiger partial charge in [-0.1, -0.05) is 42.5 Å². The Morgan fingerprint density at radius 2 is 1.80 bits per heavy atom. The summed E-state index contributed by atoms with van der Waals surface area (Å²) in [6.45, 7) is 0.518. The summed E-state index contributed by atoms with van der Waals surface area (Å²) in [7, 11) is 1.48. The highest BCUT2D eigenvalue weighted by atomic mass is 16.5. The number of carbonyl (C=O) groups is 2. The minimum absolute atomic E-state index is 0.206. The smallest absolute Gasteiger partial charge is 0.404 e. The third kappa shape index (κ3) is 5.53. The molecule has 1 aromatic carbocycles. The highest BCUT2D eigenvalue weighted by Gasteiger charge is 2.18. The second-order valence-corrected chi connectivity index (χ2v) is 3.93. The average Bonchev–Trinajstić information content (AvgIpc) is 2.44. The molecule has 0 radical (unpaired) electrons. The van der Waals surface area contributed by atoms with E-state index in [-0.39, 0.29) is 12.5 Å². The lowest BCUT2D eigenvalue weighted by molar-refractivity contribution is -0.131. The summed E-state index contributed by atoms with van der Waals surface area (Å²) < 4.78 is 5.18.